The highest BCUT2D eigenvalue weighted by atomic mass is 35.5. The van der Waals surface area contributed by atoms with Gasteiger partial charge in [-0.2, -0.15) is 0 Å². The second-order valence-electron chi connectivity index (χ2n) is 4.01. The van der Waals surface area contributed by atoms with E-state index in [4.69, 9.17) is 11.6 Å². The highest BCUT2D eigenvalue weighted by molar-refractivity contribution is 7.14. The third kappa shape index (κ3) is 1.88. The standard InChI is InChI=1S/C11H12ClN3S/c12-10-3-8(6-16-10)9-5-14-11(15-9)7-1-2-13-4-7/h3,5-7,13H,1-2,4H2,(H,14,15). The Labute approximate surface area is 103 Å². The SMILES string of the molecule is Clc1cc(-c2cnc(C3CCNC3)[nH]2)cs1. The highest BCUT2D eigenvalue weighted by Crippen LogP contribution is 2.29. The Balaban J connectivity index is 1.87. The normalized spacial score (nSPS) is 20.4. The topological polar surface area (TPSA) is 40.7 Å². The van der Waals surface area contributed by atoms with Crippen LogP contribution in [0.5, 0.6) is 0 Å². The number of hydrogen-bond acceptors (Lipinski definition) is 3. The molecule has 0 amide bonds. The molecule has 0 bridgehead atoms. The minimum absolute atomic E-state index is 0.530. The zero-order chi connectivity index (χ0) is 11.0. The first-order valence-electron chi connectivity index (χ1n) is 5.33. The Morgan fingerprint density at radius 2 is 2.44 bits per heavy atom. The fraction of sp³-hybridized carbons (Fsp3) is 0.364. The van der Waals surface area contributed by atoms with E-state index in [1.807, 2.05) is 17.6 Å². The van der Waals surface area contributed by atoms with Gasteiger partial charge in [0.15, 0.2) is 0 Å². The molecule has 1 unspecified atom stereocenters. The minimum Gasteiger partial charge on any atom is -0.342 e. The quantitative estimate of drug-likeness (QED) is 0.864. The Kier molecular flexibility index (Phi) is 2.71. The van der Waals surface area contributed by atoms with Crippen LogP contribution in [0.4, 0.5) is 0 Å². The molecule has 1 aliphatic rings. The van der Waals surface area contributed by atoms with E-state index < -0.39 is 0 Å². The van der Waals surface area contributed by atoms with Gasteiger partial charge >= 0.3 is 0 Å². The van der Waals surface area contributed by atoms with Gasteiger partial charge in [-0.05, 0) is 19.0 Å². The Bertz CT molecular complexity index is 485. The molecule has 3 heterocycles. The van der Waals surface area contributed by atoms with Crippen molar-refractivity contribution < 1.29 is 0 Å². The van der Waals surface area contributed by atoms with Crippen molar-refractivity contribution in [2.45, 2.75) is 12.3 Å². The molecule has 0 spiro atoms. The van der Waals surface area contributed by atoms with Crippen molar-refractivity contribution in [3.8, 4) is 11.3 Å². The summed E-state index contributed by atoms with van der Waals surface area (Å²) in [7, 11) is 0. The van der Waals surface area contributed by atoms with Gasteiger partial charge in [-0.25, -0.2) is 4.98 Å². The van der Waals surface area contributed by atoms with E-state index in [9.17, 15) is 0 Å². The van der Waals surface area contributed by atoms with Crippen LogP contribution < -0.4 is 5.32 Å². The van der Waals surface area contributed by atoms with Crippen LogP contribution in [-0.2, 0) is 0 Å². The molecule has 0 saturated carbocycles. The van der Waals surface area contributed by atoms with Crippen LogP contribution >= 0.6 is 22.9 Å². The van der Waals surface area contributed by atoms with Crippen molar-refractivity contribution in [1.82, 2.24) is 15.3 Å². The van der Waals surface area contributed by atoms with Gasteiger partial charge < -0.3 is 10.3 Å². The second-order valence-corrected chi connectivity index (χ2v) is 5.55. The summed E-state index contributed by atoms with van der Waals surface area (Å²) < 4.78 is 0.814. The van der Waals surface area contributed by atoms with Crippen LogP contribution in [-0.4, -0.2) is 23.1 Å². The van der Waals surface area contributed by atoms with Crippen molar-refractivity contribution in [2.75, 3.05) is 13.1 Å². The predicted molar refractivity (Wildman–Crippen MR) is 67.1 cm³/mol. The second kappa shape index (κ2) is 4.20. The van der Waals surface area contributed by atoms with Crippen LogP contribution in [0.15, 0.2) is 17.6 Å². The number of thiophene rings is 1. The zero-order valence-corrected chi connectivity index (χ0v) is 10.2. The number of aromatic nitrogens is 2. The number of hydrogen-bond donors (Lipinski definition) is 2. The van der Waals surface area contributed by atoms with Gasteiger partial charge in [0.1, 0.15) is 5.82 Å². The molecule has 2 aromatic heterocycles. The third-order valence-corrected chi connectivity index (χ3v) is 4.01. The maximum atomic E-state index is 5.92. The average Bonchev–Trinajstić information content (AvgIpc) is 2.97. The maximum absolute atomic E-state index is 5.92. The van der Waals surface area contributed by atoms with E-state index in [1.165, 1.54) is 0 Å². The number of halogens is 1. The van der Waals surface area contributed by atoms with Crippen LogP contribution in [0.2, 0.25) is 4.34 Å². The predicted octanol–water partition coefficient (Wildman–Crippen LogP) is 2.87. The van der Waals surface area contributed by atoms with E-state index in [0.717, 1.165) is 40.9 Å². The molecule has 3 rings (SSSR count). The van der Waals surface area contributed by atoms with Crippen LogP contribution in [0.1, 0.15) is 18.2 Å². The van der Waals surface area contributed by atoms with Gasteiger partial charge in [-0.15, -0.1) is 11.3 Å². The van der Waals surface area contributed by atoms with Crippen molar-refractivity contribution in [3.05, 3.63) is 27.8 Å². The van der Waals surface area contributed by atoms with Gasteiger partial charge in [0.05, 0.1) is 16.2 Å². The zero-order valence-electron chi connectivity index (χ0n) is 8.66. The summed E-state index contributed by atoms with van der Waals surface area (Å²) in [5.74, 6) is 1.62. The third-order valence-electron chi connectivity index (χ3n) is 2.92. The molecule has 2 N–H and O–H groups in total. The number of nitrogens with one attached hydrogen (secondary N) is 2. The van der Waals surface area contributed by atoms with Gasteiger partial charge in [-0.3, -0.25) is 0 Å². The Morgan fingerprint density at radius 3 is 3.12 bits per heavy atom. The largest absolute Gasteiger partial charge is 0.342 e. The van der Waals surface area contributed by atoms with Crippen molar-refractivity contribution in [1.29, 1.82) is 0 Å². The van der Waals surface area contributed by atoms with Crippen molar-refractivity contribution in [2.24, 2.45) is 0 Å². The number of H-pyrrole nitrogens is 1. The summed E-state index contributed by atoms with van der Waals surface area (Å²) >= 11 is 7.46. The summed E-state index contributed by atoms with van der Waals surface area (Å²) in [6, 6.07) is 1.97. The first-order chi connectivity index (χ1) is 7.83. The smallest absolute Gasteiger partial charge is 0.110 e. The number of rotatable bonds is 2. The minimum atomic E-state index is 0.530. The summed E-state index contributed by atoms with van der Waals surface area (Å²) in [5, 5.41) is 5.39. The maximum Gasteiger partial charge on any atom is 0.110 e. The lowest BCUT2D eigenvalue weighted by Gasteiger charge is -2.02. The molecule has 5 heteroatoms. The van der Waals surface area contributed by atoms with Gasteiger partial charge in [0.2, 0.25) is 0 Å². The molecule has 2 aromatic rings. The average molecular weight is 254 g/mol. The van der Waals surface area contributed by atoms with E-state index in [-0.39, 0.29) is 0 Å². The molecule has 0 aromatic carbocycles. The van der Waals surface area contributed by atoms with E-state index in [0.29, 0.717) is 5.92 Å². The molecule has 3 nitrogen and oxygen atoms in total. The molecule has 1 atom stereocenters. The first kappa shape index (κ1) is 10.3. The van der Waals surface area contributed by atoms with E-state index >= 15 is 0 Å². The van der Waals surface area contributed by atoms with Crippen LogP contribution in [0.25, 0.3) is 11.3 Å². The molecular weight excluding hydrogens is 242 g/mol. The molecule has 1 saturated heterocycles. The number of nitrogens with zero attached hydrogens (tertiary/aromatic N) is 1. The van der Waals surface area contributed by atoms with Crippen LogP contribution in [0.3, 0.4) is 0 Å². The lowest BCUT2D eigenvalue weighted by Crippen LogP contribution is -2.08. The fourth-order valence-electron chi connectivity index (χ4n) is 2.03. The number of aromatic amines is 1. The summed E-state index contributed by atoms with van der Waals surface area (Å²) in [4.78, 5) is 7.83. The lowest BCUT2D eigenvalue weighted by molar-refractivity contribution is 0.715. The Hall–Kier alpha value is -0.840. The molecule has 16 heavy (non-hydrogen) atoms. The fourth-order valence-corrected chi connectivity index (χ4v) is 2.91. The number of imidazole rings is 1. The molecular formula is C11H12ClN3S. The van der Waals surface area contributed by atoms with Gasteiger partial charge in [0.25, 0.3) is 0 Å². The Morgan fingerprint density at radius 1 is 1.50 bits per heavy atom. The molecule has 0 radical (unpaired) electrons. The monoisotopic (exact) mass is 253 g/mol. The summed E-state index contributed by atoms with van der Waals surface area (Å²) in [6.07, 6.45) is 3.06. The van der Waals surface area contributed by atoms with Gasteiger partial charge in [-0.1, -0.05) is 11.6 Å². The summed E-state index contributed by atoms with van der Waals surface area (Å²) in [6.45, 7) is 2.11. The van der Waals surface area contributed by atoms with E-state index in [2.05, 4.69) is 15.3 Å². The molecule has 1 fully saturated rings. The molecule has 1 aliphatic heterocycles. The van der Waals surface area contributed by atoms with E-state index in [1.54, 1.807) is 11.3 Å². The van der Waals surface area contributed by atoms with Crippen molar-refractivity contribution in [3.63, 3.8) is 0 Å². The lowest BCUT2D eigenvalue weighted by atomic mass is 10.1. The van der Waals surface area contributed by atoms with Crippen molar-refractivity contribution >= 4 is 22.9 Å². The molecule has 84 valence electrons. The van der Waals surface area contributed by atoms with Gasteiger partial charge in [0, 0.05) is 23.4 Å². The summed E-state index contributed by atoms with van der Waals surface area (Å²) in [5.41, 5.74) is 2.18. The highest BCUT2D eigenvalue weighted by Gasteiger charge is 2.19. The van der Waals surface area contributed by atoms with Crippen LogP contribution in [0, 0.1) is 0 Å². The molecule has 0 aliphatic carbocycles. The first-order valence-corrected chi connectivity index (χ1v) is 6.59.